The van der Waals surface area contributed by atoms with Crippen molar-refractivity contribution in [2.75, 3.05) is 6.61 Å². The Morgan fingerprint density at radius 1 is 0.969 bits per heavy atom. The third-order valence-corrected chi connectivity index (χ3v) is 6.27. The monoisotopic (exact) mass is 426 g/mol. The summed E-state index contributed by atoms with van der Waals surface area (Å²) in [6.45, 7) is 5.08. The van der Waals surface area contributed by atoms with Crippen LogP contribution in [0.5, 0.6) is 11.5 Å². The lowest BCUT2D eigenvalue weighted by Gasteiger charge is -2.38. The maximum atomic E-state index is 6.47. The van der Waals surface area contributed by atoms with Gasteiger partial charge in [-0.25, -0.2) is 5.01 Å². The maximum Gasteiger partial charge on any atom is 0.213 e. The highest BCUT2D eigenvalue weighted by molar-refractivity contribution is 6.02. The van der Waals surface area contributed by atoms with E-state index in [9.17, 15) is 0 Å². The molecule has 3 aromatic carbocycles. The fourth-order valence-electron chi connectivity index (χ4n) is 4.45. The van der Waals surface area contributed by atoms with E-state index in [1.807, 2.05) is 18.2 Å². The van der Waals surface area contributed by atoms with Crippen LogP contribution in [-0.2, 0) is 0 Å². The zero-order valence-corrected chi connectivity index (χ0v) is 18.8. The van der Waals surface area contributed by atoms with Gasteiger partial charge in [0.1, 0.15) is 11.5 Å². The van der Waals surface area contributed by atoms with E-state index in [1.165, 1.54) is 29.5 Å². The third-order valence-electron chi connectivity index (χ3n) is 6.27. The number of benzene rings is 3. The summed E-state index contributed by atoms with van der Waals surface area (Å²) < 4.78 is 12.4. The van der Waals surface area contributed by atoms with Crippen LogP contribution in [0.25, 0.3) is 0 Å². The molecule has 0 bridgehead atoms. The maximum absolute atomic E-state index is 6.47. The highest BCUT2D eigenvalue weighted by atomic mass is 16.5. The van der Waals surface area contributed by atoms with E-state index in [2.05, 4.69) is 73.5 Å². The highest BCUT2D eigenvalue weighted by Crippen LogP contribution is 2.47. The summed E-state index contributed by atoms with van der Waals surface area (Å²) >= 11 is 0. The number of fused-ring (bicyclic) bond motifs is 3. The van der Waals surface area contributed by atoms with Crippen molar-refractivity contribution in [3.63, 3.8) is 0 Å². The predicted octanol–water partition coefficient (Wildman–Crippen LogP) is 6.81. The minimum atomic E-state index is -0.257. The van der Waals surface area contributed by atoms with Gasteiger partial charge in [-0.1, -0.05) is 67.8 Å². The minimum absolute atomic E-state index is 0.172. The lowest BCUT2D eigenvalue weighted by Crippen LogP contribution is -2.33. The fourth-order valence-corrected chi connectivity index (χ4v) is 4.45. The fraction of sp³-hybridized carbons (Fsp3) is 0.321. The van der Waals surface area contributed by atoms with Gasteiger partial charge < -0.3 is 9.47 Å². The Hall–Kier alpha value is -3.27. The summed E-state index contributed by atoms with van der Waals surface area (Å²) in [6, 6.07) is 25.4. The summed E-state index contributed by atoms with van der Waals surface area (Å²) in [5.41, 5.74) is 5.83. The number of aryl methyl sites for hydroxylation is 1. The van der Waals surface area contributed by atoms with Gasteiger partial charge in [0.25, 0.3) is 0 Å². The largest absolute Gasteiger partial charge is 0.494 e. The van der Waals surface area contributed by atoms with Crippen molar-refractivity contribution in [3.05, 3.63) is 95.1 Å². The molecule has 0 saturated heterocycles. The summed E-state index contributed by atoms with van der Waals surface area (Å²) in [5.74, 6) is 1.85. The second kappa shape index (κ2) is 9.07. The van der Waals surface area contributed by atoms with E-state index in [0.29, 0.717) is 0 Å². The number of rotatable bonds is 7. The van der Waals surface area contributed by atoms with Crippen LogP contribution >= 0.6 is 0 Å². The van der Waals surface area contributed by atoms with Gasteiger partial charge in [0.15, 0.2) is 0 Å². The highest BCUT2D eigenvalue weighted by Gasteiger charge is 2.40. The Morgan fingerprint density at radius 2 is 1.75 bits per heavy atom. The van der Waals surface area contributed by atoms with Gasteiger partial charge in [0.2, 0.25) is 6.23 Å². The Balaban J connectivity index is 1.42. The molecule has 0 saturated carbocycles. The lowest BCUT2D eigenvalue weighted by atomic mass is 9.95. The number of ether oxygens (including phenoxy) is 2. The molecule has 2 aliphatic rings. The molecular formula is C28H30N2O2. The molecule has 0 N–H and O–H groups in total. The molecule has 4 heteroatoms. The Bertz CT molecular complexity index is 1090. The smallest absolute Gasteiger partial charge is 0.213 e. The summed E-state index contributed by atoms with van der Waals surface area (Å²) in [5, 5.41) is 7.19. The number of para-hydroxylation sites is 1. The molecule has 0 amide bonds. The zero-order valence-electron chi connectivity index (χ0n) is 18.8. The molecule has 2 atom stereocenters. The minimum Gasteiger partial charge on any atom is -0.494 e. The zero-order chi connectivity index (χ0) is 21.9. The molecule has 5 rings (SSSR count). The van der Waals surface area contributed by atoms with Crippen LogP contribution in [0.2, 0.25) is 0 Å². The molecule has 0 radical (unpaired) electrons. The average Bonchev–Trinajstić information content (AvgIpc) is 3.28. The Labute approximate surface area is 190 Å². The lowest BCUT2D eigenvalue weighted by molar-refractivity contribution is -0.0190. The molecule has 0 unspecified atom stereocenters. The first-order valence-electron chi connectivity index (χ1n) is 11.6. The molecule has 0 aromatic heterocycles. The SMILES string of the molecule is CCCCCOc1ccc([C@@H]2Oc3ccccc3[C@H]3CC(c4ccc(C)cc4)=NN32)cc1. The van der Waals surface area contributed by atoms with Crippen LogP contribution in [0.15, 0.2) is 77.9 Å². The standard InChI is InChI=1S/C28H30N2O2/c1-3-4-7-18-31-23-16-14-22(15-17-23)28-30-26(24-8-5-6-9-27(24)32-28)19-25(29-30)21-12-10-20(2)11-13-21/h5-6,8-17,26,28H,3-4,7,18-19H2,1-2H3/t26-,28+/m1/s1. The van der Waals surface area contributed by atoms with Crippen molar-refractivity contribution < 1.29 is 9.47 Å². The molecule has 2 heterocycles. The van der Waals surface area contributed by atoms with E-state index < -0.39 is 0 Å². The van der Waals surface area contributed by atoms with Crippen molar-refractivity contribution in [2.45, 2.75) is 51.8 Å². The van der Waals surface area contributed by atoms with Gasteiger partial charge in [0, 0.05) is 17.5 Å². The van der Waals surface area contributed by atoms with Crippen molar-refractivity contribution in [2.24, 2.45) is 5.10 Å². The van der Waals surface area contributed by atoms with E-state index >= 15 is 0 Å². The van der Waals surface area contributed by atoms with Crippen molar-refractivity contribution in [3.8, 4) is 11.5 Å². The van der Waals surface area contributed by atoms with Crippen molar-refractivity contribution in [1.29, 1.82) is 0 Å². The topological polar surface area (TPSA) is 34.1 Å². The number of hydrogen-bond acceptors (Lipinski definition) is 4. The summed E-state index contributed by atoms with van der Waals surface area (Å²) in [4.78, 5) is 0. The van der Waals surface area contributed by atoms with E-state index in [0.717, 1.165) is 42.2 Å². The van der Waals surface area contributed by atoms with E-state index in [1.54, 1.807) is 0 Å². The Kier molecular flexibility index (Phi) is 5.85. The van der Waals surface area contributed by atoms with Gasteiger partial charge in [-0.05, 0) is 49.2 Å². The number of unbranched alkanes of at least 4 members (excludes halogenated alkanes) is 2. The van der Waals surface area contributed by atoms with Gasteiger partial charge >= 0.3 is 0 Å². The van der Waals surface area contributed by atoms with Gasteiger partial charge in [-0.15, -0.1) is 0 Å². The van der Waals surface area contributed by atoms with E-state index in [-0.39, 0.29) is 12.3 Å². The molecule has 2 aliphatic heterocycles. The Morgan fingerprint density at radius 3 is 2.53 bits per heavy atom. The first-order valence-corrected chi connectivity index (χ1v) is 11.6. The quantitative estimate of drug-likeness (QED) is 0.389. The molecule has 0 spiro atoms. The number of nitrogens with zero attached hydrogens (tertiary/aromatic N) is 2. The number of hydrazone groups is 1. The molecule has 3 aromatic rings. The van der Waals surface area contributed by atoms with Crippen LogP contribution in [0.3, 0.4) is 0 Å². The van der Waals surface area contributed by atoms with Crippen LogP contribution in [0.1, 0.15) is 67.1 Å². The number of hydrogen-bond donors (Lipinski definition) is 0. The second-order valence-electron chi connectivity index (χ2n) is 8.65. The summed E-state index contributed by atoms with van der Waals surface area (Å²) in [7, 11) is 0. The van der Waals surface area contributed by atoms with Crippen LogP contribution in [-0.4, -0.2) is 17.3 Å². The second-order valence-corrected chi connectivity index (χ2v) is 8.65. The van der Waals surface area contributed by atoms with Crippen molar-refractivity contribution in [1.82, 2.24) is 5.01 Å². The normalized spacial score (nSPS) is 19.1. The average molecular weight is 427 g/mol. The van der Waals surface area contributed by atoms with Crippen LogP contribution < -0.4 is 9.47 Å². The molecule has 4 nitrogen and oxygen atoms in total. The molecule has 0 aliphatic carbocycles. The van der Waals surface area contributed by atoms with E-state index in [4.69, 9.17) is 14.6 Å². The van der Waals surface area contributed by atoms with Gasteiger partial charge in [-0.3, -0.25) is 0 Å². The molecule has 32 heavy (non-hydrogen) atoms. The molecular weight excluding hydrogens is 396 g/mol. The van der Waals surface area contributed by atoms with Crippen LogP contribution in [0, 0.1) is 6.92 Å². The first-order chi connectivity index (χ1) is 15.7. The predicted molar refractivity (Wildman–Crippen MR) is 128 cm³/mol. The first kappa shape index (κ1) is 20.6. The van der Waals surface area contributed by atoms with Crippen molar-refractivity contribution >= 4 is 5.71 Å². The summed E-state index contributed by atoms with van der Waals surface area (Å²) in [6.07, 6.45) is 4.10. The third kappa shape index (κ3) is 4.10. The molecule has 164 valence electrons. The van der Waals surface area contributed by atoms with Gasteiger partial charge in [0.05, 0.1) is 18.4 Å². The van der Waals surface area contributed by atoms with Crippen LogP contribution in [0.4, 0.5) is 0 Å². The van der Waals surface area contributed by atoms with Gasteiger partial charge in [-0.2, -0.15) is 5.10 Å². The molecule has 0 fully saturated rings.